The van der Waals surface area contributed by atoms with Crippen molar-refractivity contribution in [2.45, 2.75) is 20.4 Å². The average molecular weight is 261 g/mol. The van der Waals surface area contributed by atoms with Crippen LogP contribution in [0.3, 0.4) is 0 Å². The molecule has 19 heavy (non-hydrogen) atoms. The van der Waals surface area contributed by atoms with Crippen molar-refractivity contribution in [2.75, 3.05) is 13.6 Å². The van der Waals surface area contributed by atoms with E-state index in [-0.39, 0.29) is 11.8 Å². The fourth-order valence-electron chi connectivity index (χ4n) is 2.02. The van der Waals surface area contributed by atoms with Crippen LogP contribution < -0.4 is 5.73 Å². The summed E-state index contributed by atoms with van der Waals surface area (Å²) in [7, 11) is 1.78. The molecule has 1 atom stereocenters. The van der Waals surface area contributed by atoms with Crippen molar-refractivity contribution in [3.8, 4) is 0 Å². The summed E-state index contributed by atoms with van der Waals surface area (Å²) in [4.78, 5) is 17.9. The van der Waals surface area contributed by atoms with Gasteiger partial charge in [0.25, 0.3) is 0 Å². The minimum atomic E-state index is -0.150. The highest BCUT2D eigenvalue weighted by Crippen LogP contribution is 2.18. The van der Waals surface area contributed by atoms with Crippen molar-refractivity contribution in [3.63, 3.8) is 0 Å². The summed E-state index contributed by atoms with van der Waals surface area (Å²) in [5, 5.41) is 0. The minimum absolute atomic E-state index is 0.0546. The first-order valence-corrected chi connectivity index (χ1v) is 6.32. The molecule has 1 aromatic heterocycles. The Kier molecular flexibility index (Phi) is 3.85. The Morgan fingerprint density at radius 3 is 2.95 bits per heavy atom. The van der Waals surface area contributed by atoms with E-state index in [9.17, 15) is 4.79 Å². The highest BCUT2D eigenvalue weighted by atomic mass is 16.3. The lowest BCUT2D eigenvalue weighted by atomic mass is 10.1. The van der Waals surface area contributed by atoms with Crippen LogP contribution in [0.4, 0.5) is 0 Å². The number of benzene rings is 1. The van der Waals surface area contributed by atoms with Gasteiger partial charge in [-0.15, -0.1) is 0 Å². The molecule has 0 aliphatic carbocycles. The Morgan fingerprint density at radius 1 is 1.53 bits per heavy atom. The molecule has 102 valence electrons. The maximum absolute atomic E-state index is 12.0. The van der Waals surface area contributed by atoms with E-state index in [2.05, 4.69) is 4.98 Å². The molecule has 0 radical (unpaired) electrons. The molecule has 0 fully saturated rings. The first-order chi connectivity index (χ1) is 9.01. The van der Waals surface area contributed by atoms with Crippen LogP contribution >= 0.6 is 0 Å². The number of amides is 1. The summed E-state index contributed by atoms with van der Waals surface area (Å²) < 4.78 is 5.42. The molecule has 0 spiro atoms. The summed E-state index contributed by atoms with van der Waals surface area (Å²) >= 11 is 0. The molecule has 1 unspecified atom stereocenters. The summed E-state index contributed by atoms with van der Waals surface area (Å²) in [5.74, 6) is 0.551. The van der Waals surface area contributed by atoms with Crippen molar-refractivity contribution in [1.29, 1.82) is 0 Å². The van der Waals surface area contributed by atoms with E-state index in [0.717, 1.165) is 16.7 Å². The van der Waals surface area contributed by atoms with Gasteiger partial charge in [0.2, 0.25) is 5.91 Å². The molecular weight excluding hydrogens is 242 g/mol. The molecule has 2 N–H and O–H groups in total. The van der Waals surface area contributed by atoms with Crippen LogP contribution in [0.2, 0.25) is 0 Å². The molecule has 0 bridgehead atoms. The standard InChI is InChI=1S/C14H19N3O2/c1-9(7-15)14(18)17(3)8-11-4-5-13-12(6-11)16-10(2)19-13/h4-6,9H,7-8,15H2,1-3H3. The van der Waals surface area contributed by atoms with Gasteiger partial charge in [0.15, 0.2) is 11.5 Å². The van der Waals surface area contributed by atoms with Crippen LogP contribution in [0.15, 0.2) is 22.6 Å². The number of hydrogen-bond donors (Lipinski definition) is 1. The number of aromatic nitrogens is 1. The Labute approximate surface area is 112 Å². The second-order valence-corrected chi connectivity index (χ2v) is 4.87. The molecule has 0 aliphatic heterocycles. The number of nitrogens with zero attached hydrogens (tertiary/aromatic N) is 2. The third kappa shape index (κ3) is 2.93. The molecule has 2 aromatic rings. The lowest BCUT2D eigenvalue weighted by Gasteiger charge is -2.20. The number of fused-ring (bicyclic) bond motifs is 1. The predicted molar refractivity (Wildman–Crippen MR) is 73.4 cm³/mol. The second-order valence-electron chi connectivity index (χ2n) is 4.87. The number of nitrogens with two attached hydrogens (primary N) is 1. The van der Waals surface area contributed by atoms with Gasteiger partial charge >= 0.3 is 0 Å². The van der Waals surface area contributed by atoms with Gasteiger partial charge in [-0.05, 0) is 17.7 Å². The Balaban J connectivity index is 2.14. The number of aryl methyl sites for hydroxylation is 1. The SMILES string of the molecule is Cc1nc2cc(CN(C)C(=O)C(C)CN)ccc2o1. The van der Waals surface area contributed by atoms with Gasteiger partial charge in [0.1, 0.15) is 5.52 Å². The van der Waals surface area contributed by atoms with E-state index >= 15 is 0 Å². The predicted octanol–water partition coefficient (Wildman–Crippen LogP) is 1.69. The van der Waals surface area contributed by atoms with Crippen molar-refractivity contribution in [1.82, 2.24) is 9.88 Å². The topological polar surface area (TPSA) is 72.4 Å². The third-order valence-electron chi connectivity index (χ3n) is 3.13. The number of carbonyl (C=O) groups is 1. The van der Waals surface area contributed by atoms with Crippen molar-refractivity contribution in [3.05, 3.63) is 29.7 Å². The first kappa shape index (κ1) is 13.5. The lowest BCUT2D eigenvalue weighted by molar-refractivity contribution is -0.133. The maximum atomic E-state index is 12.0. The molecule has 1 heterocycles. The van der Waals surface area contributed by atoms with Gasteiger partial charge in [-0.2, -0.15) is 0 Å². The molecule has 0 saturated heterocycles. The van der Waals surface area contributed by atoms with Gasteiger partial charge in [0.05, 0.1) is 0 Å². The van der Waals surface area contributed by atoms with E-state index in [4.69, 9.17) is 10.2 Å². The summed E-state index contributed by atoms with van der Waals surface area (Å²) in [6.45, 7) is 4.57. The summed E-state index contributed by atoms with van der Waals surface area (Å²) in [6, 6.07) is 5.78. The minimum Gasteiger partial charge on any atom is -0.441 e. The van der Waals surface area contributed by atoms with Crippen LogP contribution in [0.1, 0.15) is 18.4 Å². The van der Waals surface area contributed by atoms with Crippen molar-refractivity contribution >= 4 is 17.0 Å². The maximum Gasteiger partial charge on any atom is 0.226 e. The number of oxazole rings is 1. The van der Waals surface area contributed by atoms with Crippen LogP contribution in [-0.2, 0) is 11.3 Å². The molecular formula is C14H19N3O2. The molecule has 2 rings (SSSR count). The molecule has 5 nitrogen and oxygen atoms in total. The van der Waals surface area contributed by atoms with Gasteiger partial charge < -0.3 is 15.1 Å². The number of carbonyl (C=O) groups excluding carboxylic acids is 1. The monoisotopic (exact) mass is 261 g/mol. The smallest absolute Gasteiger partial charge is 0.226 e. The fraction of sp³-hybridized carbons (Fsp3) is 0.429. The van der Waals surface area contributed by atoms with E-state index < -0.39 is 0 Å². The Morgan fingerprint density at radius 2 is 2.26 bits per heavy atom. The van der Waals surface area contributed by atoms with Crippen LogP contribution in [0.5, 0.6) is 0 Å². The lowest BCUT2D eigenvalue weighted by Crippen LogP contribution is -2.34. The largest absolute Gasteiger partial charge is 0.441 e. The van der Waals surface area contributed by atoms with Gasteiger partial charge in [-0.25, -0.2) is 4.98 Å². The fourth-order valence-corrected chi connectivity index (χ4v) is 2.02. The van der Waals surface area contributed by atoms with E-state index in [1.807, 2.05) is 32.0 Å². The zero-order chi connectivity index (χ0) is 14.0. The molecule has 0 saturated carbocycles. The first-order valence-electron chi connectivity index (χ1n) is 6.32. The van der Waals surface area contributed by atoms with Gasteiger partial charge in [-0.1, -0.05) is 13.0 Å². The third-order valence-corrected chi connectivity index (χ3v) is 3.13. The normalized spacial score (nSPS) is 12.6. The van der Waals surface area contributed by atoms with Gasteiger partial charge in [-0.3, -0.25) is 4.79 Å². The second kappa shape index (κ2) is 5.40. The Hall–Kier alpha value is -1.88. The van der Waals surface area contributed by atoms with Crippen LogP contribution in [-0.4, -0.2) is 29.4 Å². The highest BCUT2D eigenvalue weighted by Gasteiger charge is 2.16. The quantitative estimate of drug-likeness (QED) is 0.909. The Bertz CT molecular complexity index is 591. The van der Waals surface area contributed by atoms with Crippen LogP contribution in [0.25, 0.3) is 11.1 Å². The molecule has 0 aliphatic rings. The van der Waals surface area contributed by atoms with Gasteiger partial charge in [0, 0.05) is 33.0 Å². The molecule has 1 amide bonds. The van der Waals surface area contributed by atoms with E-state index in [0.29, 0.717) is 19.0 Å². The van der Waals surface area contributed by atoms with E-state index in [1.165, 1.54) is 0 Å². The molecule has 1 aromatic carbocycles. The summed E-state index contributed by atoms with van der Waals surface area (Å²) in [6.07, 6.45) is 0. The van der Waals surface area contributed by atoms with E-state index in [1.54, 1.807) is 11.9 Å². The number of rotatable bonds is 4. The molecule has 5 heteroatoms. The van der Waals surface area contributed by atoms with Crippen LogP contribution in [0, 0.1) is 12.8 Å². The average Bonchev–Trinajstić information content (AvgIpc) is 2.76. The van der Waals surface area contributed by atoms with Crippen molar-refractivity contribution < 1.29 is 9.21 Å². The zero-order valence-corrected chi connectivity index (χ0v) is 11.5. The van der Waals surface area contributed by atoms with Crippen molar-refractivity contribution in [2.24, 2.45) is 11.7 Å². The summed E-state index contributed by atoms with van der Waals surface area (Å²) in [5.41, 5.74) is 8.13. The number of hydrogen-bond acceptors (Lipinski definition) is 4. The zero-order valence-electron chi connectivity index (χ0n) is 11.5. The highest BCUT2D eigenvalue weighted by molar-refractivity contribution is 5.79.